The Morgan fingerprint density at radius 1 is 0.543 bits per heavy atom. The Morgan fingerprint density at radius 2 is 0.886 bits per heavy atom. The molecule has 35 heavy (non-hydrogen) atoms. The third-order valence-corrected chi connectivity index (χ3v) is 6.61. The van der Waals surface area contributed by atoms with Gasteiger partial charge >= 0.3 is 0 Å². The van der Waals surface area contributed by atoms with Gasteiger partial charge in [0.25, 0.3) is 0 Å². The molecule has 4 aromatic carbocycles. The van der Waals surface area contributed by atoms with E-state index < -0.39 is 0 Å². The van der Waals surface area contributed by atoms with Gasteiger partial charge in [0.15, 0.2) is 0 Å². The van der Waals surface area contributed by atoms with Gasteiger partial charge in [-0.25, -0.2) is 0 Å². The molecule has 4 aromatic rings. The van der Waals surface area contributed by atoms with Gasteiger partial charge in [0.2, 0.25) is 0 Å². The van der Waals surface area contributed by atoms with Gasteiger partial charge in [0, 0.05) is 16.8 Å². The molecule has 0 bridgehead atoms. The van der Waals surface area contributed by atoms with E-state index in [1.807, 2.05) is 60.7 Å². The van der Waals surface area contributed by atoms with E-state index in [1.54, 1.807) is 0 Å². The van der Waals surface area contributed by atoms with Crippen molar-refractivity contribution in [2.75, 3.05) is 11.5 Å². The van der Waals surface area contributed by atoms with E-state index in [9.17, 15) is 0 Å². The minimum atomic E-state index is -0.176. The summed E-state index contributed by atoms with van der Waals surface area (Å²) >= 11 is 0. The second-order valence-corrected chi connectivity index (χ2v) is 9.31. The minimum absolute atomic E-state index is 0.176. The van der Waals surface area contributed by atoms with Gasteiger partial charge in [-0.1, -0.05) is 52.0 Å². The molecule has 0 heterocycles. The highest BCUT2D eigenvalue weighted by atomic mass is 16.5. The molecule has 0 saturated heterocycles. The highest BCUT2D eigenvalue weighted by Gasteiger charge is 2.23. The topological polar surface area (TPSA) is 70.5 Å². The number of benzene rings is 4. The summed E-state index contributed by atoms with van der Waals surface area (Å²) in [7, 11) is 0. The lowest BCUT2D eigenvalue weighted by atomic mass is 9.78. The number of hydrogen-bond acceptors (Lipinski definition) is 4. The maximum atomic E-state index is 6.07. The summed E-state index contributed by atoms with van der Waals surface area (Å²) in [4.78, 5) is 0. The summed E-state index contributed by atoms with van der Waals surface area (Å²) < 4.78 is 12.1. The third-order valence-electron chi connectivity index (χ3n) is 6.61. The number of nitrogens with two attached hydrogens (primary N) is 2. The van der Waals surface area contributed by atoms with Crippen molar-refractivity contribution in [1.82, 2.24) is 0 Å². The molecule has 0 atom stereocenters. The van der Waals surface area contributed by atoms with Crippen molar-refractivity contribution in [3.63, 3.8) is 0 Å². The van der Waals surface area contributed by atoms with Crippen molar-refractivity contribution >= 4 is 11.4 Å². The lowest BCUT2D eigenvalue weighted by Gasteiger charge is -2.26. The van der Waals surface area contributed by atoms with Crippen molar-refractivity contribution in [2.45, 2.75) is 46.0 Å². The van der Waals surface area contributed by atoms with E-state index >= 15 is 0 Å². The van der Waals surface area contributed by atoms with E-state index in [4.69, 9.17) is 20.9 Å². The highest BCUT2D eigenvalue weighted by molar-refractivity contribution is 5.52. The molecule has 0 fully saturated rings. The third kappa shape index (κ3) is 5.43. The average Bonchev–Trinajstić information content (AvgIpc) is 2.87. The number of hydrogen-bond donors (Lipinski definition) is 2. The van der Waals surface area contributed by atoms with Gasteiger partial charge < -0.3 is 20.9 Å². The summed E-state index contributed by atoms with van der Waals surface area (Å²) in [5.41, 5.74) is 18.0. The van der Waals surface area contributed by atoms with Crippen LogP contribution in [0.5, 0.6) is 23.0 Å². The molecule has 0 aliphatic heterocycles. The molecule has 0 radical (unpaired) electrons. The van der Waals surface area contributed by atoms with Crippen LogP contribution in [0.1, 0.15) is 49.9 Å². The Labute approximate surface area is 208 Å². The fraction of sp³-hybridized carbons (Fsp3) is 0.226. The summed E-state index contributed by atoms with van der Waals surface area (Å²) in [5, 5.41) is 0. The molecular formula is C31H34N2O2. The predicted octanol–water partition coefficient (Wildman–Crippen LogP) is 7.89. The van der Waals surface area contributed by atoms with Crippen LogP contribution in [-0.4, -0.2) is 0 Å². The second-order valence-electron chi connectivity index (χ2n) is 9.31. The van der Waals surface area contributed by atoms with Crippen LogP contribution in [0.15, 0.2) is 84.9 Å². The van der Waals surface area contributed by atoms with Crippen molar-refractivity contribution < 1.29 is 9.47 Å². The summed E-state index contributed by atoms with van der Waals surface area (Å²) in [6, 6.07) is 28.2. The Morgan fingerprint density at radius 3 is 1.23 bits per heavy atom. The van der Waals surface area contributed by atoms with Crippen LogP contribution in [0.25, 0.3) is 0 Å². The standard InChI is InChI=1S/C31H34N2O2/c1-5-21-19-27(15-17-29(21)32)34-25-11-7-23(8-12-25)31(3,4)24-9-13-26(14-10-24)35-28-16-18-30(33)22(6-2)20-28/h7-20H,5-6,32-33H2,1-4H3. The number of rotatable bonds is 8. The molecule has 4 N–H and O–H groups in total. The van der Waals surface area contributed by atoms with Crippen molar-refractivity contribution in [2.24, 2.45) is 0 Å². The monoisotopic (exact) mass is 466 g/mol. The highest BCUT2D eigenvalue weighted by Crippen LogP contribution is 2.35. The van der Waals surface area contributed by atoms with E-state index in [1.165, 1.54) is 11.1 Å². The van der Waals surface area contributed by atoms with E-state index in [0.717, 1.165) is 58.3 Å². The van der Waals surface area contributed by atoms with Crippen molar-refractivity contribution in [3.05, 3.63) is 107 Å². The molecule has 0 aromatic heterocycles. The zero-order valence-corrected chi connectivity index (χ0v) is 21.0. The summed E-state index contributed by atoms with van der Waals surface area (Å²) in [6.07, 6.45) is 1.75. The van der Waals surface area contributed by atoms with Gasteiger partial charge in [0.1, 0.15) is 23.0 Å². The normalized spacial score (nSPS) is 11.3. The van der Waals surface area contributed by atoms with Crippen molar-refractivity contribution in [1.29, 1.82) is 0 Å². The van der Waals surface area contributed by atoms with Crippen LogP contribution >= 0.6 is 0 Å². The number of anilines is 2. The first-order valence-corrected chi connectivity index (χ1v) is 12.1. The molecule has 180 valence electrons. The molecule has 0 spiro atoms. The van der Waals surface area contributed by atoms with E-state index in [2.05, 4.69) is 52.0 Å². The molecular weight excluding hydrogens is 432 g/mol. The fourth-order valence-corrected chi connectivity index (χ4v) is 4.22. The minimum Gasteiger partial charge on any atom is -0.457 e. The first kappa shape index (κ1) is 24.2. The zero-order valence-electron chi connectivity index (χ0n) is 21.0. The second kappa shape index (κ2) is 10.1. The zero-order chi connectivity index (χ0) is 25.0. The molecule has 0 saturated carbocycles. The molecule has 0 amide bonds. The molecule has 0 aliphatic rings. The molecule has 4 heteroatoms. The van der Waals surface area contributed by atoms with Crippen molar-refractivity contribution in [3.8, 4) is 23.0 Å². The van der Waals surface area contributed by atoms with E-state index in [0.29, 0.717) is 0 Å². The largest absolute Gasteiger partial charge is 0.457 e. The Bertz CT molecular complexity index is 1190. The lowest BCUT2D eigenvalue weighted by Crippen LogP contribution is -2.18. The number of ether oxygens (including phenoxy) is 2. The van der Waals surface area contributed by atoms with Crippen LogP contribution < -0.4 is 20.9 Å². The van der Waals surface area contributed by atoms with Gasteiger partial charge in [-0.3, -0.25) is 0 Å². The first-order valence-electron chi connectivity index (χ1n) is 12.1. The maximum Gasteiger partial charge on any atom is 0.127 e. The smallest absolute Gasteiger partial charge is 0.127 e. The van der Waals surface area contributed by atoms with Crippen LogP contribution in [0.2, 0.25) is 0 Å². The van der Waals surface area contributed by atoms with Crippen LogP contribution in [0.3, 0.4) is 0 Å². The van der Waals surface area contributed by atoms with Gasteiger partial charge in [0.05, 0.1) is 0 Å². The summed E-state index contributed by atoms with van der Waals surface area (Å²) in [6.45, 7) is 8.62. The van der Waals surface area contributed by atoms with Crippen LogP contribution in [0, 0.1) is 0 Å². The quantitative estimate of drug-likeness (QED) is 0.259. The number of nitrogen functional groups attached to an aromatic ring is 2. The molecule has 0 aliphatic carbocycles. The van der Waals surface area contributed by atoms with E-state index in [-0.39, 0.29) is 5.41 Å². The summed E-state index contributed by atoms with van der Waals surface area (Å²) in [5.74, 6) is 3.20. The van der Waals surface area contributed by atoms with Crippen LogP contribution in [0.4, 0.5) is 11.4 Å². The Balaban J connectivity index is 1.47. The van der Waals surface area contributed by atoms with Gasteiger partial charge in [-0.2, -0.15) is 0 Å². The Hall–Kier alpha value is -3.92. The van der Waals surface area contributed by atoms with Gasteiger partial charge in [-0.05, 0) is 95.8 Å². The molecule has 0 unspecified atom stereocenters. The first-order chi connectivity index (χ1) is 16.8. The fourth-order valence-electron chi connectivity index (χ4n) is 4.22. The van der Waals surface area contributed by atoms with Crippen LogP contribution in [-0.2, 0) is 18.3 Å². The molecule has 4 rings (SSSR count). The SMILES string of the molecule is CCc1cc(Oc2ccc(C(C)(C)c3ccc(Oc4ccc(N)c(CC)c4)cc3)cc2)ccc1N. The van der Waals surface area contributed by atoms with Gasteiger partial charge in [-0.15, -0.1) is 0 Å². The molecule has 4 nitrogen and oxygen atoms in total. The average molecular weight is 467 g/mol. The lowest BCUT2D eigenvalue weighted by molar-refractivity contribution is 0.480. The number of aryl methyl sites for hydroxylation is 2. The maximum absolute atomic E-state index is 6.07. The predicted molar refractivity (Wildman–Crippen MR) is 146 cm³/mol. The Kier molecular flexibility index (Phi) is 7.02.